The summed E-state index contributed by atoms with van der Waals surface area (Å²) in [5.41, 5.74) is 1.04. The molecule has 4 aromatic rings. The number of carbonyl (C=O) groups is 1. The van der Waals surface area contributed by atoms with E-state index in [1.54, 1.807) is 43.3 Å². The van der Waals surface area contributed by atoms with Gasteiger partial charge in [-0.25, -0.2) is 0 Å². The largest absolute Gasteiger partial charge is 0.508 e. The molecule has 7 nitrogen and oxygen atoms in total. The standard InChI is InChI=1S/C20H13N3O4S/c1-10-21-22-20(28-10)23-16(11-6-8-12(24)9-7-11)15-17(25)13-4-2-3-5-14(13)27-18(15)19(23)26/h2-9,16,24H,1H3/t16-/m0/s1. The maximum atomic E-state index is 13.3. The van der Waals surface area contributed by atoms with Crippen LogP contribution in [0.2, 0.25) is 0 Å². The molecule has 1 atom stereocenters. The highest BCUT2D eigenvalue weighted by Crippen LogP contribution is 2.42. The number of hydrogen-bond acceptors (Lipinski definition) is 7. The third kappa shape index (κ3) is 2.35. The lowest BCUT2D eigenvalue weighted by molar-refractivity contribution is 0.0970. The first-order chi connectivity index (χ1) is 13.5. The van der Waals surface area contributed by atoms with E-state index in [9.17, 15) is 14.7 Å². The molecule has 2 aromatic carbocycles. The van der Waals surface area contributed by atoms with Gasteiger partial charge in [-0.15, -0.1) is 10.2 Å². The van der Waals surface area contributed by atoms with E-state index in [1.165, 1.54) is 28.4 Å². The second-order valence-electron chi connectivity index (χ2n) is 6.44. The third-order valence-electron chi connectivity index (χ3n) is 4.71. The lowest BCUT2D eigenvalue weighted by Crippen LogP contribution is -2.29. The molecule has 1 aliphatic heterocycles. The molecule has 1 N–H and O–H groups in total. The summed E-state index contributed by atoms with van der Waals surface area (Å²) in [6.45, 7) is 1.79. The van der Waals surface area contributed by atoms with E-state index in [0.717, 1.165) is 0 Å². The molecule has 28 heavy (non-hydrogen) atoms. The second-order valence-corrected chi connectivity index (χ2v) is 7.60. The third-order valence-corrected chi connectivity index (χ3v) is 5.55. The maximum absolute atomic E-state index is 13.3. The van der Waals surface area contributed by atoms with Crippen LogP contribution < -0.4 is 10.3 Å². The summed E-state index contributed by atoms with van der Waals surface area (Å²) in [7, 11) is 0. The Hall–Kier alpha value is -3.52. The van der Waals surface area contributed by atoms with Crippen LogP contribution in [0.15, 0.2) is 57.7 Å². The van der Waals surface area contributed by atoms with Crippen molar-refractivity contribution in [1.29, 1.82) is 0 Å². The van der Waals surface area contributed by atoms with Gasteiger partial charge in [0.1, 0.15) is 16.3 Å². The number of amides is 1. The number of rotatable bonds is 2. The Labute approximate surface area is 162 Å². The molecule has 138 valence electrons. The van der Waals surface area contributed by atoms with E-state index in [4.69, 9.17) is 4.42 Å². The van der Waals surface area contributed by atoms with Crippen LogP contribution in [0.25, 0.3) is 11.0 Å². The molecular formula is C20H13N3O4S. The number of anilines is 1. The van der Waals surface area contributed by atoms with Gasteiger partial charge in [0.15, 0.2) is 5.43 Å². The molecule has 5 rings (SSSR count). The fourth-order valence-corrected chi connectivity index (χ4v) is 4.19. The van der Waals surface area contributed by atoms with Crippen molar-refractivity contribution < 1.29 is 14.3 Å². The molecule has 8 heteroatoms. The first kappa shape index (κ1) is 16.6. The van der Waals surface area contributed by atoms with Crippen molar-refractivity contribution in [2.24, 2.45) is 0 Å². The highest BCUT2D eigenvalue weighted by Gasteiger charge is 2.45. The average molecular weight is 391 g/mol. The fourth-order valence-electron chi connectivity index (χ4n) is 3.47. The Morgan fingerprint density at radius 1 is 1.07 bits per heavy atom. The van der Waals surface area contributed by atoms with Crippen LogP contribution in [0.4, 0.5) is 5.13 Å². The van der Waals surface area contributed by atoms with Gasteiger partial charge in [0.05, 0.1) is 17.0 Å². The van der Waals surface area contributed by atoms with E-state index in [2.05, 4.69) is 10.2 Å². The first-order valence-corrected chi connectivity index (χ1v) is 9.34. The number of benzene rings is 2. The molecule has 0 spiro atoms. The van der Waals surface area contributed by atoms with Gasteiger partial charge in [0.2, 0.25) is 10.9 Å². The zero-order chi connectivity index (χ0) is 19.4. The number of fused-ring (bicyclic) bond motifs is 2. The van der Waals surface area contributed by atoms with Crippen molar-refractivity contribution in [3.63, 3.8) is 0 Å². The number of phenols is 1. The molecular weight excluding hydrogens is 378 g/mol. The number of nitrogens with zero attached hydrogens (tertiary/aromatic N) is 3. The number of phenolic OH excluding ortho intramolecular Hbond substituents is 1. The zero-order valence-corrected chi connectivity index (χ0v) is 15.4. The van der Waals surface area contributed by atoms with Crippen molar-refractivity contribution in [3.8, 4) is 5.75 Å². The van der Waals surface area contributed by atoms with Crippen molar-refractivity contribution in [1.82, 2.24) is 10.2 Å². The summed E-state index contributed by atoms with van der Waals surface area (Å²) >= 11 is 1.26. The summed E-state index contributed by atoms with van der Waals surface area (Å²) < 4.78 is 5.85. The summed E-state index contributed by atoms with van der Waals surface area (Å²) in [6, 6.07) is 12.5. The number of para-hydroxylation sites is 1. The van der Waals surface area contributed by atoms with E-state index < -0.39 is 11.9 Å². The molecule has 1 aliphatic rings. The predicted octanol–water partition coefficient (Wildman–Crippen LogP) is 3.41. The van der Waals surface area contributed by atoms with Gasteiger partial charge in [-0.05, 0) is 36.8 Å². The predicted molar refractivity (Wildman–Crippen MR) is 104 cm³/mol. The lowest BCUT2D eigenvalue weighted by Gasteiger charge is -2.22. The Kier molecular flexibility index (Phi) is 3.56. The summed E-state index contributed by atoms with van der Waals surface area (Å²) in [5.74, 6) is -0.334. The zero-order valence-electron chi connectivity index (χ0n) is 14.6. The smallest absolute Gasteiger partial charge is 0.297 e. The Morgan fingerprint density at radius 2 is 1.82 bits per heavy atom. The maximum Gasteiger partial charge on any atom is 0.297 e. The minimum atomic E-state index is -0.712. The molecule has 0 bridgehead atoms. The topological polar surface area (TPSA) is 96.5 Å². The van der Waals surface area contributed by atoms with Crippen LogP contribution in [-0.2, 0) is 0 Å². The van der Waals surface area contributed by atoms with E-state index in [-0.39, 0.29) is 22.5 Å². The second kappa shape index (κ2) is 6.00. The van der Waals surface area contributed by atoms with Crippen molar-refractivity contribution in [2.45, 2.75) is 13.0 Å². The molecule has 0 radical (unpaired) electrons. The number of aromatic nitrogens is 2. The van der Waals surface area contributed by atoms with Crippen molar-refractivity contribution in [2.75, 3.05) is 4.90 Å². The average Bonchev–Trinajstić information content (AvgIpc) is 3.24. The molecule has 1 amide bonds. The van der Waals surface area contributed by atoms with Crippen molar-refractivity contribution in [3.05, 3.63) is 80.6 Å². The van der Waals surface area contributed by atoms with Gasteiger partial charge >= 0.3 is 0 Å². The Balaban J connectivity index is 1.82. The van der Waals surface area contributed by atoms with Crippen LogP contribution in [0.5, 0.6) is 5.75 Å². The normalized spacial score (nSPS) is 16.0. The molecule has 0 saturated carbocycles. The number of carbonyl (C=O) groups excluding carboxylic acids is 1. The van der Waals surface area contributed by atoms with Gasteiger partial charge in [-0.1, -0.05) is 35.6 Å². The highest BCUT2D eigenvalue weighted by atomic mass is 32.1. The van der Waals surface area contributed by atoms with Gasteiger partial charge in [0.25, 0.3) is 5.91 Å². The lowest BCUT2D eigenvalue weighted by atomic mass is 9.98. The summed E-state index contributed by atoms with van der Waals surface area (Å²) in [5, 5.41) is 19.3. The van der Waals surface area contributed by atoms with Gasteiger partial charge in [-0.2, -0.15) is 0 Å². The molecule has 0 saturated heterocycles. The number of aromatic hydroxyl groups is 1. The molecule has 3 heterocycles. The number of hydrogen-bond donors (Lipinski definition) is 1. The first-order valence-electron chi connectivity index (χ1n) is 8.53. The minimum absolute atomic E-state index is 0.00891. The minimum Gasteiger partial charge on any atom is -0.508 e. The van der Waals surface area contributed by atoms with Crippen LogP contribution in [0.1, 0.15) is 32.7 Å². The molecule has 0 fully saturated rings. The number of aryl methyl sites for hydroxylation is 1. The van der Waals surface area contributed by atoms with E-state index >= 15 is 0 Å². The van der Waals surface area contributed by atoms with Gasteiger partial charge < -0.3 is 9.52 Å². The molecule has 0 aliphatic carbocycles. The molecule has 2 aromatic heterocycles. The summed E-state index contributed by atoms with van der Waals surface area (Å²) in [6.07, 6.45) is 0. The van der Waals surface area contributed by atoms with Crippen LogP contribution in [0, 0.1) is 6.92 Å². The Bertz CT molecular complexity index is 1290. The SMILES string of the molecule is Cc1nnc(N2C(=O)c3oc4ccccc4c(=O)c3[C@@H]2c2ccc(O)cc2)s1. The highest BCUT2D eigenvalue weighted by molar-refractivity contribution is 7.15. The van der Waals surface area contributed by atoms with E-state index in [0.29, 0.717) is 26.7 Å². The van der Waals surface area contributed by atoms with Crippen LogP contribution in [0.3, 0.4) is 0 Å². The van der Waals surface area contributed by atoms with E-state index in [1.807, 2.05) is 0 Å². The van der Waals surface area contributed by atoms with Crippen molar-refractivity contribution >= 4 is 33.3 Å². The quantitative estimate of drug-likeness (QED) is 0.562. The van der Waals surface area contributed by atoms with Gasteiger partial charge in [0, 0.05) is 0 Å². The fraction of sp³-hybridized carbons (Fsp3) is 0.100. The monoisotopic (exact) mass is 391 g/mol. The van der Waals surface area contributed by atoms with Gasteiger partial charge in [-0.3, -0.25) is 14.5 Å². The summed E-state index contributed by atoms with van der Waals surface area (Å²) in [4.78, 5) is 27.9. The molecule has 0 unspecified atom stereocenters. The van der Waals surface area contributed by atoms with Crippen LogP contribution >= 0.6 is 11.3 Å². The Morgan fingerprint density at radius 3 is 2.54 bits per heavy atom. The van der Waals surface area contributed by atoms with Crippen LogP contribution in [-0.4, -0.2) is 21.2 Å².